The molecule has 1 amide bonds. The van der Waals surface area contributed by atoms with Crippen LogP contribution in [0.5, 0.6) is 0 Å². The molecule has 8 heteroatoms. The van der Waals surface area contributed by atoms with Crippen molar-refractivity contribution in [1.82, 2.24) is 10.6 Å². The Bertz CT molecular complexity index is 613. The summed E-state index contributed by atoms with van der Waals surface area (Å²) in [5.41, 5.74) is 0.909. The molecule has 1 aromatic rings. The van der Waals surface area contributed by atoms with Gasteiger partial charge in [0.05, 0.1) is 25.3 Å². The van der Waals surface area contributed by atoms with E-state index >= 15 is 0 Å². The Balaban J connectivity index is 0.00000392. The van der Waals surface area contributed by atoms with Gasteiger partial charge in [-0.25, -0.2) is 0 Å². The van der Waals surface area contributed by atoms with Crippen LogP contribution in [0.25, 0.3) is 0 Å². The molecule has 7 nitrogen and oxygen atoms in total. The van der Waals surface area contributed by atoms with Gasteiger partial charge in [-0.15, -0.1) is 24.0 Å². The third-order valence-electron chi connectivity index (χ3n) is 4.10. The zero-order chi connectivity index (χ0) is 19.6. The van der Waals surface area contributed by atoms with E-state index in [9.17, 15) is 9.90 Å². The molecule has 3 N–H and O–H groups in total. The predicted molar refractivity (Wildman–Crippen MR) is 123 cm³/mol. The van der Waals surface area contributed by atoms with Crippen LogP contribution in [0, 0.1) is 5.92 Å². The molecule has 28 heavy (non-hydrogen) atoms. The fraction of sp³-hybridized carbons (Fsp3) is 0.600. The number of ether oxygens (including phenoxy) is 1. The number of nitrogens with zero attached hydrogens (tertiary/aromatic N) is 2. The number of carbonyl (C=O) groups is 1. The maximum absolute atomic E-state index is 12.3. The zero-order valence-electron chi connectivity index (χ0n) is 16.9. The maximum Gasteiger partial charge on any atom is 0.229 e. The lowest BCUT2D eigenvalue weighted by atomic mass is 10.2. The van der Waals surface area contributed by atoms with Gasteiger partial charge in [0.1, 0.15) is 0 Å². The van der Waals surface area contributed by atoms with E-state index < -0.39 is 6.10 Å². The molecule has 1 saturated heterocycles. The predicted octanol–water partition coefficient (Wildman–Crippen LogP) is 2.00. The number of aliphatic imine (C=N–C) groups is 1. The Hall–Kier alpha value is -1.39. The number of aliphatic hydroxyl groups is 1. The summed E-state index contributed by atoms with van der Waals surface area (Å²) in [6, 6.07) is 9.64. The van der Waals surface area contributed by atoms with Gasteiger partial charge in [-0.1, -0.05) is 32.0 Å². The van der Waals surface area contributed by atoms with Gasteiger partial charge in [0.15, 0.2) is 5.96 Å². The number of para-hydroxylation sites is 1. The molecule has 0 aliphatic carbocycles. The maximum atomic E-state index is 12.3. The Labute approximate surface area is 185 Å². The average molecular weight is 504 g/mol. The summed E-state index contributed by atoms with van der Waals surface area (Å²) in [6.45, 7) is 8.55. The van der Waals surface area contributed by atoms with Crippen molar-refractivity contribution < 1.29 is 14.6 Å². The van der Waals surface area contributed by atoms with Crippen molar-refractivity contribution in [3.63, 3.8) is 0 Å². The van der Waals surface area contributed by atoms with E-state index in [4.69, 9.17) is 4.74 Å². The first-order valence-electron chi connectivity index (χ1n) is 9.65. The summed E-state index contributed by atoms with van der Waals surface area (Å²) in [6.07, 6.45) is -0.232. The fourth-order valence-electron chi connectivity index (χ4n) is 2.86. The van der Waals surface area contributed by atoms with E-state index in [1.807, 2.05) is 37.3 Å². The molecule has 2 unspecified atom stereocenters. The molecule has 0 bridgehead atoms. The van der Waals surface area contributed by atoms with Crippen molar-refractivity contribution in [2.24, 2.45) is 10.9 Å². The lowest BCUT2D eigenvalue weighted by molar-refractivity contribution is -0.117. The van der Waals surface area contributed by atoms with Crippen molar-refractivity contribution in [1.29, 1.82) is 0 Å². The van der Waals surface area contributed by atoms with Gasteiger partial charge in [0.25, 0.3) is 0 Å². The van der Waals surface area contributed by atoms with Gasteiger partial charge < -0.3 is 25.4 Å². The normalized spacial score (nSPS) is 18.2. The smallest absolute Gasteiger partial charge is 0.229 e. The van der Waals surface area contributed by atoms with Crippen LogP contribution in [0.2, 0.25) is 0 Å². The fourth-order valence-corrected chi connectivity index (χ4v) is 2.86. The lowest BCUT2D eigenvalue weighted by Crippen LogP contribution is -2.45. The van der Waals surface area contributed by atoms with Crippen LogP contribution in [0.3, 0.4) is 0 Å². The minimum atomic E-state index is -0.648. The SMILES string of the molecule is CCNC(=NCC(O)COCC(C)C)NC1CC(=O)N(c2ccccc2)C1.I. The first-order valence-corrected chi connectivity index (χ1v) is 9.65. The van der Waals surface area contributed by atoms with Gasteiger partial charge in [0, 0.05) is 31.8 Å². The van der Waals surface area contributed by atoms with Gasteiger partial charge in [-0.2, -0.15) is 0 Å². The summed E-state index contributed by atoms with van der Waals surface area (Å²) >= 11 is 0. The summed E-state index contributed by atoms with van der Waals surface area (Å²) in [5.74, 6) is 1.14. The number of guanidine groups is 1. The van der Waals surface area contributed by atoms with Crippen molar-refractivity contribution in [3.05, 3.63) is 30.3 Å². The van der Waals surface area contributed by atoms with Gasteiger partial charge >= 0.3 is 0 Å². The highest BCUT2D eigenvalue weighted by atomic mass is 127. The summed E-state index contributed by atoms with van der Waals surface area (Å²) in [7, 11) is 0. The van der Waals surface area contributed by atoms with Gasteiger partial charge in [-0.05, 0) is 25.0 Å². The molecule has 2 rings (SSSR count). The van der Waals surface area contributed by atoms with Crippen molar-refractivity contribution in [2.45, 2.75) is 39.3 Å². The van der Waals surface area contributed by atoms with Gasteiger partial charge in [0.2, 0.25) is 5.91 Å². The number of aliphatic hydroxyl groups excluding tert-OH is 1. The van der Waals surface area contributed by atoms with E-state index in [-0.39, 0.29) is 49.1 Å². The average Bonchev–Trinajstić information content (AvgIpc) is 3.00. The molecule has 1 aromatic carbocycles. The zero-order valence-corrected chi connectivity index (χ0v) is 19.3. The molecule has 158 valence electrons. The van der Waals surface area contributed by atoms with Gasteiger partial charge in [-0.3, -0.25) is 9.79 Å². The molecule has 0 radical (unpaired) electrons. The van der Waals surface area contributed by atoms with Crippen molar-refractivity contribution in [2.75, 3.05) is 37.7 Å². The third-order valence-corrected chi connectivity index (χ3v) is 4.10. The Kier molecular flexibility index (Phi) is 11.4. The number of rotatable bonds is 9. The second kappa shape index (κ2) is 12.9. The molecule has 0 spiro atoms. The van der Waals surface area contributed by atoms with E-state index in [1.54, 1.807) is 4.90 Å². The van der Waals surface area contributed by atoms with E-state index in [0.29, 0.717) is 38.0 Å². The number of carbonyl (C=O) groups excluding carboxylic acids is 1. The molecule has 0 saturated carbocycles. The quantitative estimate of drug-likeness (QED) is 0.272. The second-order valence-electron chi connectivity index (χ2n) is 7.19. The molecule has 1 heterocycles. The Morgan fingerprint density at radius 3 is 2.68 bits per heavy atom. The van der Waals surface area contributed by atoms with Crippen molar-refractivity contribution >= 4 is 41.5 Å². The number of amides is 1. The van der Waals surface area contributed by atoms with Crippen LogP contribution in [0.4, 0.5) is 5.69 Å². The highest BCUT2D eigenvalue weighted by molar-refractivity contribution is 14.0. The number of hydrogen-bond acceptors (Lipinski definition) is 4. The monoisotopic (exact) mass is 504 g/mol. The first-order chi connectivity index (χ1) is 13.0. The highest BCUT2D eigenvalue weighted by Crippen LogP contribution is 2.20. The third kappa shape index (κ3) is 8.32. The number of anilines is 1. The molecular weight excluding hydrogens is 471 g/mol. The lowest BCUT2D eigenvalue weighted by Gasteiger charge is -2.19. The van der Waals surface area contributed by atoms with Crippen LogP contribution < -0.4 is 15.5 Å². The summed E-state index contributed by atoms with van der Waals surface area (Å²) in [4.78, 5) is 18.6. The number of halogens is 1. The van der Waals surface area contributed by atoms with Crippen LogP contribution in [-0.4, -0.2) is 62.0 Å². The van der Waals surface area contributed by atoms with E-state index in [1.165, 1.54) is 0 Å². The Morgan fingerprint density at radius 1 is 1.32 bits per heavy atom. The van der Waals surface area contributed by atoms with E-state index in [0.717, 1.165) is 5.69 Å². The minimum Gasteiger partial charge on any atom is -0.389 e. The molecular formula is C20H33IN4O3. The van der Waals surface area contributed by atoms with Crippen LogP contribution in [-0.2, 0) is 9.53 Å². The number of benzene rings is 1. The summed E-state index contributed by atoms with van der Waals surface area (Å²) in [5, 5.41) is 16.5. The second-order valence-corrected chi connectivity index (χ2v) is 7.19. The Morgan fingerprint density at radius 2 is 2.04 bits per heavy atom. The number of hydrogen-bond donors (Lipinski definition) is 3. The largest absolute Gasteiger partial charge is 0.389 e. The van der Waals surface area contributed by atoms with Crippen LogP contribution in [0.15, 0.2) is 35.3 Å². The molecule has 1 aliphatic heterocycles. The topological polar surface area (TPSA) is 86.2 Å². The molecule has 2 atom stereocenters. The van der Waals surface area contributed by atoms with Crippen LogP contribution in [0.1, 0.15) is 27.2 Å². The standard InChI is InChI=1S/C20H32N4O3.HI/c1-4-21-20(22-11-18(25)14-27-13-15(2)3)23-16-10-19(26)24(12-16)17-8-6-5-7-9-17;/h5-9,15-16,18,25H,4,10-14H2,1-3H3,(H2,21,22,23);1H. The first kappa shape index (κ1) is 24.6. The van der Waals surface area contributed by atoms with Crippen molar-refractivity contribution in [3.8, 4) is 0 Å². The summed E-state index contributed by atoms with van der Waals surface area (Å²) < 4.78 is 5.45. The number of nitrogens with one attached hydrogen (secondary N) is 2. The molecule has 1 aliphatic rings. The van der Waals surface area contributed by atoms with Crippen LogP contribution >= 0.6 is 24.0 Å². The van der Waals surface area contributed by atoms with E-state index in [2.05, 4.69) is 29.5 Å². The molecule has 0 aromatic heterocycles. The minimum absolute atomic E-state index is 0. The molecule has 1 fully saturated rings. The highest BCUT2D eigenvalue weighted by Gasteiger charge is 2.31.